The zero-order chi connectivity index (χ0) is 18.3. The van der Waals surface area contributed by atoms with E-state index in [1.165, 1.54) is 38.5 Å². The SMILES string of the molecule is Cc1cc(SC#N)cc(C)c1NC(=O)CSC12CC3CC(CC(C3)C1)C2. The van der Waals surface area contributed by atoms with Crippen molar-refractivity contribution in [2.24, 2.45) is 17.8 Å². The Labute approximate surface area is 164 Å². The molecule has 138 valence electrons. The molecule has 1 N–H and O–H groups in total. The molecule has 1 amide bonds. The van der Waals surface area contributed by atoms with Crippen molar-refractivity contribution in [3.63, 3.8) is 0 Å². The number of rotatable bonds is 5. The Bertz CT molecular complexity index is 709. The van der Waals surface area contributed by atoms with Gasteiger partial charge in [0.2, 0.25) is 5.91 Å². The number of carbonyl (C=O) groups is 1. The Morgan fingerprint density at radius 2 is 1.69 bits per heavy atom. The lowest BCUT2D eigenvalue weighted by molar-refractivity contribution is -0.113. The van der Waals surface area contributed by atoms with Crippen LogP contribution >= 0.6 is 23.5 Å². The Hall–Kier alpha value is -1.12. The topological polar surface area (TPSA) is 52.9 Å². The van der Waals surface area contributed by atoms with Crippen LogP contribution in [-0.2, 0) is 4.79 Å². The monoisotopic (exact) mass is 386 g/mol. The summed E-state index contributed by atoms with van der Waals surface area (Å²) in [6.45, 7) is 3.99. The summed E-state index contributed by atoms with van der Waals surface area (Å²) in [4.78, 5) is 13.6. The Morgan fingerprint density at radius 1 is 1.15 bits per heavy atom. The van der Waals surface area contributed by atoms with Crippen molar-refractivity contribution >= 4 is 35.1 Å². The van der Waals surface area contributed by atoms with E-state index >= 15 is 0 Å². The van der Waals surface area contributed by atoms with Gasteiger partial charge in [-0.3, -0.25) is 4.79 Å². The zero-order valence-electron chi connectivity index (χ0n) is 15.5. The lowest BCUT2D eigenvalue weighted by Gasteiger charge is -2.56. The summed E-state index contributed by atoms with van der Waals surface area (Å²) in [6.07, 6.45) is 8.31. The molecule has 26 heavy (non-hydrogen) atoms. The van der Waals surface area contributed by atoms with E-state index in [-0.39, 0.29) is 5.91 Å². The van der Waals surface area contributed by atoms with E-state index in [0.717, 1.165) is 51.2 Å². The van der Waals surface area contributed by atoms with Crippen molar-refractivity contribution in [2.75, 3.05) is 11.1 Å². The molecule has 0 aromatic heterocycles. The van der Waals surface area contributed by atoms with Crippen LogP contribution in [0.3, 0.4) is 0 Å². The summed E-state index contributed by atoms with van der Waals surface area (Å²) in [6, 6.07) is 3.95. The van der Waals surface area contributed by atoms with E-state index in [4.69, 9.17) is 5.26 Å². The average molecular weight is 387 g/mol. The molecule has 0 spiro atoms. The van der Waals surface area contributed by atoms with Gasteiger partial charge in [0, 0.05) is 15.3 Å². The second-order valence-corrected chi connectivity index (χ2v) is 10.9. The molecule has 0 heterocycles. The van der Waals surface area contributed by atoms with E-state index in [1.54, 1.807) is 0 Å². The fourth-order valence-corrected chi connectivity index (χ4v) is 7.98. The minimum atomic E-state index is 0.109. The highest BCUT2D eigenvalue weighted by Gasteiger charge is 2.51. The molecular formula is C21H26N2OS2. The predicted octanol–water partition coefficient (Wildman–Crippen LogP) is 5.52. The number of nitrogens with zero attached hydrogens (tertiary/aromatic N) is 1. The van der Waals surface area contributed by atoms with E-state index < -0.39 is 0 Å². The van der Waals surface area contributed by atoms with Gasteiger partial charge in [-0.2, -0.15) is 5.26 Å². The van der Waals surface area contributed by atoms with Crippen molar-refractivity contribution in [1.82, 2.24) is 0 Å². The van der Waals surface area contributed by atoms with Crippen molar-refractivity contribution in [3.8, 4) is 5.40 Å². The minimum Gasteiger partial charge on any atom is -0.325 e. The number of nitriles is 1. The van der Waals surface area contributed by atoms with Crippen LogP contribution in [0.5, 0.6) is 0 Å². The lowest BCUT2D eigenvalue weighted by atomic mass is 9.56. The van der Waals surface area contributed by atoms with E-state index in [0.29, 0.717) is 10.5 Å². The first kappa shape index (κ1) is 18.3. The molecule has 5 heteroatoms. The molecule has 4 aliphatic rings. The van der Waals surface area contributed by atoms with Crippen LogP contribution in [0.25, 0.3) is 0 Å². The molecular weight excluding hydrogens is 360 g/mol. The third kappa shape index (κ3) is 3.64. The Balaban J connectivity index is 1.38. The number of thiocyanates is 1. The summed E-state index contributed by atoms with van der Waals surface area (Å²) in [5.41, 5.74) is 2.95. The van der Waals surface area contributed by atoms with Crippen LogP contribution in [0, 0.1) is 42.3 Å². The van der Waals surface area contributed by atoms with Gasteiger partial charge in [0.1, 0.15) is 5.40 Å². The number of aryl methyl sites for hydroxylation is 2. The fourth-order valence-electron chi connectivity index (χ4n) is 5.83. The molecule has 4 bridgehead atoms. The van der Waals surface area contributed by atoms with Crippen LogP contribution in [0.4, 0.5) is 5.69 Å². The first-order chi connectivity index (χ1) is 12.5. The highest BCUT2D eigenvalue weighted by atomic mass is 32.2. The molecule has 4 aliphatic carbocycles. The van der Waals surface area contributed by atoms with Gasteiger partial charge in [0.05, 0.1) is 5.75 Å². The van der Waals surface area contributed by atoms with Crippen molar-refractivity contribution in [2.45, 2.75) is 62.0 Å². The van der Waals surface area contributed by atoms with Crippen LogP contribution in [0.15, 0.2) is 17.0 Å². The van der Waals surface area contributed by atoms with Crippen molar-refractivity contribution in [1.29, 1.82) is 5.26 Å². The summed E-state index contributed by atoms with van der Waals surface area (Å²) in [7, 11) is 0. The first-order valence-corrected chi connectivity index (χ1v) is 11.4. The van der Waals surface area contributed by atoms with Crippen LogP contribution in [0.2, 0.25) is 0 Å². The number of benzene rings is 1. The summed E-state index contributed by atoms with van der Waals surface area (Å²) in [5.74, 6) is 3.43. The van der Waals surface area contributed by atoms with E-state index in [1.807, 2.05) is 37.7 Å². The number of hydrogen-bond donors (Lipinski definition) is 1. The summed E-state index contributed by atoms with van der Waals surface area (Å²) < 4.78 is 0.378. The van der Waals surface area contributed by atoms with Gasteiger partial charge in [-0.05, 0) is 105 Å². The van der Waals surface area contributed by atoms with Gasteiger partial charge >= 0.3 is 0 Å². The van der Waals surface area contributed by atoms with Gasteiger partial charge in [-0.25, -0.2) is 0 Å². The largest absolute Gasteiger partial charge is 0.325 e. The molecule has 3 nitrogen and oxygen atoms in total. The maximum absolute atomic E-state index is 12.6. The lowest BCUT2D eigenvalue weighted by Crippen LogP contribution is -2.49. The first-order valence-electron chi connectivity index (χ1n) is 9.57. The molecule has 0 radical (unpaired) electrons. The molecule has 4 saturated carbocycles. The van der Waals surface area contributed by atoms with Gasteiger partial charge in [-0.15, -0.1) is 11.8 Å². The minimum absolute atomic E-state index is 0.109. The fraction of sp³-hybridized carbons (Fsp3) is 0.619. The summed E-state index contributed by atoms with van der Waals surface area (Å²) >= 11 is 3.09. The molecule has 1 aromatic rings. The molecule has 0 atom stereocenters. The quantitative estimate of drug-likeness (QED) is 0.535. The molecule has 0 saturated heterocycles. The smallest absolute Gasteiger partial charge is 0.234 e. The van der Waals surface area contributed by atoms with Gasteiger partial charge in [-0.1, -0.05) is 0 Å². The highest BCUT2D eigenvalue weighted by Crippen LogP contribution is 2.60. The van der Waals surface area contributed by atoms with Gasteiger partial charge in [0.25, 0.3) is 0 Å². The number of thioether (sulfide) groups is 2. The number of carbonyl (C=O) groups excluding carboxylic acids is 1. The van der Waals surface area contributed by atoms with Crippen LogP contribution in [-0.4, -0.2) is 16.4 Å². The van der Waals surface area contributed by atoms with Crippen LogP contribution < -0.4 is 5.32 Å². The van der Waals surface area contributed by atoms with E-state index in [9.17, 15) is 4.79 Å². The predicted molar refractivity (Wildman–Crippen MR) is 109 cm³/mol. The average Bonchev–Trinajstić information content (AvgIpc) is 2.55. The van der Waals surface area contributed by atoms with Crippen LogP contribution in [0.1, 0.15) is 49.7 Å². The Kier molecular flexibility index (Phi) is 5.00. The normalized spacial score (nSPS) is 31.7. The number of anilines is 1. The van der Waals surface area contributed by atoms with Crippen molar-refractivity contribution in [3.05, 3.63) is 23.3 Å². The molecule has 0 aliphatic heterocycles. The van der Waals surface area contributed by atoms with Gasteiger partial charge in [0.15, 0.2) is 0 Å². The molecule has 0 unspecified atom stereocenters. The Morgan fingerprint density at radius 3 is 2.19 bits per heavy atom. The van der Waals surface area contributed by atoms with Crippen molar-refractivity contribution < 1.29 is 4.79 Å². The third-order valence-electron chi connectivity index (χ3n) is 6.43. The summed E-state index contributed by atoms with van der Waals surface area (Å²) in [5, 5.41) is 14.1. The highest BCUT2D eigenvalue weighted by molar-refractivity contribution is 8.03. The maximum atomic E-state index is 12.6. The maximum Gasteiger partial charge on any atom is 0.234 e. The van der Waals surface area contributed by atoms with E-state index in [2.05, 4.69) is 10.7 Å². The second-order valence-electron chi connectivity index (χ2n) is 8.56. The number of nitrogens with one attached hydrogen (secondary N) is 1. The number of amides is 1. The third-order valence-corrected chi connectivity index (χ3v) is 8.51. The standard InChI is InChI=1S/C21H26N2OS2/c1-13-3-18(25-12-22)4-14(2)20(13)23-19(24)11-26-21-8-15-5-16(9-21)7-17(6-15)10-21/h3-4,15-17H,5-11H2,1-2H3,(H,23,24). The molecule has 1 aromatic carbocycles. The number of hydrogen-bond acceptors (Lipinski definition) is 4. The molecule has 5 rings (SSSR count). The molecule has 4 fully saturated rings. The van der Waals surface area contributed by atoms with Gasteiger partial charge < -0.3 is 5.32 Å². The second kappa shape index (κ2) is 7.13. The zero-order valence-corrected chi connectivity index (χ0v) is 17.1.